The molecule has 0 spiro atoms. The van der Waals surface area contributed by atoms with Gasteiger partial charge in [0.15, 0.2) is 0 Å². The Morgan fingerprint density at radius 3 is 2.68 bits per heavy atom. The zero-order valence-corrected chi connectivity index (χ0v) is 11.6. The molecule has 0 radical (unpaired) electrons. The maximum absolute atomic E-state index is 10.9. The summed E-state index contributed by atoms with van der Waals surface area (Å²) in [6, 6.07) is 12.0. The van der Waals surface area contributed by atoms with Gasteiger partial charge >= 0.3 is 5.69 Å². The summed E-state index contributed by atoms with van der Waals surface area (Å²) in [6.45, 7) is 1.95. The minimum Gasteiger partial charge on any atom is -0.413 e. The molecule has 0 amide bonds. The largest absolute Gasteiger partial charge is 0.413 e. The van der Waals surface area contributed by atoms with Gasteiger partial charge in [-0.1, -0.05) is 29.8 Å². The first-order valence-electron chi connectivity index (χ1n) is 5.42. The molecule has 0 aliphatic carbocycles. The molecule has 0 bridgehead atoms. The molecule has 6 heteroatoms. The first-order valence-corrected chi connectivity index (χ1v) is 6.54. The Bertz CT molecular complexity index is 619. The summed E-state index contributed by atoms with van der Waals surface area (Å²) >= 11 is 6.83. The van der Waals surface area contributed by atoms with Gasteiger partial charge in [-0.15, -0.1) is 0 Å². The van der Waals surface area contributed by atoms with Crippen molar-refractivity contribution in [2.75, 3.05) is 0 Å². The van der Waals surface area contributed by atoms with Crippen LogP contribution in [0.15, 0.2) is 47.4 Å². The first-order chi connectivity index (χ1) is 9.08. The van der Waals surface area contributed by atoms with Crippen LogP contribution >= 0.6 is 23.6 Å². The van der Waals surface area contributed by atoms with Crippen LogP contribution in [0.3, 0.4) is 0 Å². The molecule has 0 saturated carbocycles. The highest BCUT2D eigenvalue weighted by Gasteiger charge is 2.16. The van der Waals surface area contributed by atoms with E-state index in [1.165, 1.54) is 12.1 Å². The van der Waals surface area contributed by atoms with Crippen LogP contribution in [0, 0.1) is 17.0 Å². The second kappa shape index (κ2) is 5.95. The maximum atomic E-state index is 10.9. The Kier molecular flexibility index (Phi) is 4.29. The zero-order valence-electron chi connectivity index (χ0n) is 10.00. The number of hydrogen-bond donors (Lipinski definition) is 0. The molecule has 0 N–H and O–H groups in total. The van der Waals surface area contributed by atoms with Gasteiger partial charge in [-0.05, 0) is 30.7 Å². The van der Waals surface area contributed by atoms with Crippen molar-refractivity contribution < 1.29 is 9.11 Å². The number of nitro benzene ring substituents is 1. The van der Waals surface area contributed by atoms with E-state index in [1.807, 2.05) is 31.2 Å². The number of nitro groups is 1. The summed E-state index contributed by atoms with van der Waals surface area (Å²) in [6.07, 6.45) is 0. The van der Waals surface area contributed by atoms with Crippen LogP contribution in [0.1, 0.15) is 5.56 Å². The molecule has 2 aromatic carbocycles. The lowest BCUT2D eigenvalue weighted by molar-refractivity contribution is -0.385. The standard InChI is InChI=1S/C13H10ClNO3S/c1-9-4-2-3-5-13(9)19-18-12-7-6-10(14)8-11(12)15(16)17/h2-8H,1H3. The molecule has 0 aliphatic heterocycles. The molecule has 0 heterocycles. The molecular formula is C13H10ClNO3S. The Labute approximate surface area is 119 Å². The van der Waals surface area contributed by atoms with E-state index in [-0.39, 0.29) is 11.4 Å². The third kappa shape index (κ3) is 3.39. The van der Waals surface area contributed by atoms with E-state index in [0.717, 1.165) is 22.5 Å². The summed E-state index contributed by atoms with van der Waals surface area (Å²) < 4.78 is 5.44. The third-order valence-corrected chi connectivity index (χ3v) is 3.57. The second-order valence-corrected chi connectivity index (χ2v) is 5.01. The highest BCUT2D eigenvalue weighted by Crippen LogP contribution is 2.34. The Balaban J connectivity index is 2.20. The van der Waals surface area contributed by atoms with Crippen LogP contribution in [0.5, 0.6) is 5.75 Å². The van der Waals surface area contributed by atoms with E-state index in [4.69, 9.17) is 15.8 Å². The lowest BCUT2D eigenvalue weighted by atomic mass is 10.2. The molecule has 0 atom stereocenters. The number of halogens is 1. The highest BCUT2D eigenvalue weighted by molar-refractivity contribution is 7.95. The highest BCUT2D eigenvalue weighted by atomic mass is 35.5. The monoisotopic (exact) mass is 295 g/mol. The minimum absolute atomic E-state index is 0.145. The molecule has 0 fully saturated rings. The minimum atomic E-state index is -0.514. The first kappa shape index (κ1) is 13.7. The Hall–Kier alpha value is -1.72. The average molecular weight is 296 g/mol. The predicted octanol–water partition coefficient (Wildman–Crippen LogP) is 4.64. The van der Waals surface area contributed by atoms with Crippen LogP contribution < -0.4 is 4.18 Å². The van der Waals surface area contributed by atoms with Gasteiger partial charge in [0.25, 0.3) is 0 Å². The fourth-order valence-electron chi connectivity index (χ4n) is 1.44. The topological polar surface area (TPSA) is 52.4 Å². The predicted molar refractivity (Wildman–Crippen MR) is 75.8 cm³/mol. The third-order valence-electron chi connectivity index (χ3n) is 2.43. The van der Waals surface area contributed by atoms with Crippen LogP contribution in [0.25, 0.3) is 0 Å². The molecular weight excluding hydrogens is 286 g/mol. The summed E-state index contributed by atoms with van der Waals surface area (Å²) in [5.74, 6) is 0.183. The van der Waals surface area contributed by atoms with Crippen LogP contribution in [0.2, 0.25) is 5.02 Å². The number of hydrogen-bond acceptors (Lipinski definition) is 4. The van der Waals surface area contributed by atoms with Gasteiger partial charge in [-0.3, -0.25) is 10.1 Å². The van der Waals surface area contributed by atoms with Crippen LogP contribution in [-0.2, 0) is 0 Å². The number of aryl methyl sites for hydroxylation is 1. The fraction of sp³-hybridized carbons (Fsp3) is 0.0769. The molecule has 0 aromatic heterocycles. The SMILES string of the molecule is Cc1ccccc1SOc1ccc(Cl)cc1[N+](=O)[O-]. The van der Waals surface area contributed by atoms with Crippen molar-refractivity contribution in [2.45, 2.75) is 11.8 Å². The van der Waals surface area contributed by atoms with Gasteiger partial charge in [-0.2, -0.15) is 0 Å². The van der Waals surface area contributed by atoms with Gasteiger partial charge in [0.05, 0.1) is 21.9 Å². The van der Waals surface area contributed by atoms with Crippen molar-refractivity contribution in [1.29, 1.82) is 0 Å². The van der Waals surface area contributed by atoms with Crippen LogP contribution in [0.4, 0.5) is 5.69 Å². The van der Waals surface area contributed by atoms with E-state index in [2.05, 4.69) is 0 Å². The number of nitrogens with zero attached hydrogens (tertiary/aromatic N) is 1. The average Bonchev–Trinajstić information content (AvgIpc) is 2.38. The van der Waals surface area contributed by atoms with E-state index >= 15 is 0 Å². The van der Waals surface area contributed by atoms with Gasteiger partial charge in [0.1, 0.15) is 0 Å². The molecule has 0 aliphatic rings. The summed E-state index contributed by atoms with van der Waals surface area (Å²) in [7, 11) is 0. The van der Waals surface area contributed by atoms with Crippen molar-refractivity contribution in [3.8, 4) is 5.75 Å². The molecule has 4 nitrogen and oxygen atoms in total. The molecule has 0 unspecified atom stereocenters. The molecule has 0 saturated heterocycles. The van der Waals surface area contributed by atoms with Gasteiger partial charge < -0.3 is 4.18 Å². The summed E-state index contributed by atoms with van der Waals surface area (Å²) in [4.78, 5) is 11.3. The smallest absolute Gasteiger partial charge is 0.313 e. The van der Waals surface area contributed by atoms with E-state index < -0.39 is 4.92 Å². The van der Waals surface area contributed by atoms with Crippen LogP contribution in [-0.4, -0.2) is 4.92 Å². The second-order valence-electron chi connectivity index (χ2n) is 3.80. The summed E-state index contributed by atoms with van der Waals surface area (Å²) in [5.41, 5.74) is 0.901. The van der Waals surface area contributed by atoms with E-state index in [1.54, 1.807) is 6.07 Å². The molecule has 2 aromatic rings. The van der Waals surface area contributed by atoms with E-state index in [0.29, 0.717) is 5.02 Å². The maximum Gasteiger partial charge on any atom is 0.313 e. The lowest BCUT2D eigenvalue weighted by Crippen LogP contribution is -1.93. The van der Waals surface area contributed by atoms with E-state index in [9.17, 15) is 10.1 Å². The molecule has 19 heavy (non-hydrogen) atoms. The van der Waals surface area contributed by atoms with Crippen molar-refractivity contribution in [1.82, 2.24) is 0 Å². The van der Waals surface area contributed by atoms with Gasteiger partial charge in [0, 0.05) is 11.1 Å². The number of rotatable bonds is 4. The molecule has 98 valence electrons. The van der Waals surface area contributed by atoms with Crippen molar-refractivity contribution in [3.63, 3.8) is 0 Å². The lowest BCUT2D eigenvalue weighted by Gasteiger charge is -2.06. The Morgan fingerprint density at radius 2 is 2.00 bits per heavy atom. The zero-order chi connectivity index (χ0) is 13.8. The van der Waals surface area contributed by atoms with Crippen molar-refractivity contribution >= 4 is 29.3 Å². The van der Waals surface area contributed by atoms with Crippen molar-refractivity contribution in [2.24, 2.45) is 0 Å². The molecule has 2 rings (SSSR count). The normalized spacial score (nSPS) is 10.2. The van der Waals surface area contributed by atoms with Gasteiger partial charge in [0.2, 0.25) is 5.75 Å². The number of benzene rings is 2. The Morgan fingerprint density at radius 1 is 1.26 bits per heavy atom. The van der Waals surface area contributed by atoms with Gasteiger partial charge in [-0.25, -0.2) is 0 Å². The fourth-order valence-corrected chi connectivity index (χ4v) is 2.26. The summed E-state index contributed by atoms with van der Waals surface area (Å²) in [5, 5.41) is 11.2. The van der Waals surface area contributed by atoms with Crippen molar-refractivity contribution in [3.05, 3.63) is 63.2 Å². The quantitative estimate of drug-likeness (QED) is 0.468.